The minimum Gasteiger partial charge on any atom is -0.333 e. The number of pyridine rings is 1. The fourth-order valence-electron chi connectivity index (χ4n) is 7.65. The second kappa shape index (κ2) is 15.8. The van der Waals surface area contributed by atoms with E-state index in [-0.39, 0.29) is 20.1 Å². The van der Waals surface area contributed by atoms with Gasteiger partial charge in [0.15, 0.2) is 0 Å². The normalized spacial score (nSPS) is 11.6. The van der Waals surface area contributed by atoms with Crippen LogP contribution in [0.2, 0.25) is 19.6 Å². The van der Waals surface area contributed by atoms with E-state index in [0.717, 1.165) is 40.1 Å². The summed E-state index contributed by atoms with van der Waals surface area (Å²) in [6, 6.07) is 49.5. The molecule has 0 aliphatic heterocycles. The number of aromatic nitrogens is 3. The summed E-state index contributed by atoms with van der Waals surface area (Å²) in [5.41, 5.74) is 10.4. The zero-order valence-electron chi connectivity index (χ0n) is 32.5. The number of hydrogen-bond donors (Lipinski definition) is 0. The van der Waals surface area contributed by atoms with Crippen molar-refractivity contribution in [2.45, 2.75) is 53.8 Å². The Morgan fingerprint density at radius 1 is 0.745 bits per heavy atom. The number of imidazole rings is 1. The Bertz CT molecular complexity index is 2770. The van der Waals surface area contributed by atoms with E-state index >= 15 is 0 Å². The van der Waals surface area contributed by atoms with Crippen molar-refractivity contribution >= 4 is 66.6 Å². The molecule has 1 radical (unpaired) electrons. The van der Waals surface area contributed by atoms with E-state index < -0.39 is 8.07 Å². The van der Waals surface area contributed by atoms with Gasteiger partial charge in [0, 0.05) is 36.7 Å². The van der Waals surface area contributed by atoms with E-state index in [1.165, 1.54) is 58.5 Å². The molecule has 0 bridgehead atoms. The molecule has 277 valence electrons. The maximum Gasteiger partial charge on any atom is 0.0798 e. The molecule has 0 atom stereocenters. The van der Waals surface area contributed by atoms with Crippen LogP contribution < -0.4 is 5.19 Å². The van der Waals surface area contributed by atoms with Gasteiger partial charge in [0.25, 0.3) is 0 Å². The molecule has 0 aliphatic carbocycles. The van der Waals surface area contributed by atoms with Crippen molar-refractivity contribution in [1.82, 2.24) is 14.5 Å². The molecule has 6 aromatic carbocycles. The van der Waals surface area contributed by atoms with Gasteiger partial charge < -0.3 is 9.55 Å². The largest absolute Gasteiger partial charge is 0.333 e. The number of aryl methyl sites for hydroxylation is 2. The third-order valence-electron chi connectivity index (χ3n) is 10.2. The Morgan fingerprint density at radius 2 is 1.45 bits per heavy atom. The second-order valence-electron chi connectivity index (χ2n) is 15.7. The van der Waals surface area contributed by atoms with Crippen LogP contribution in [-0.2, 0) is 26.5 Å². The standard InChI is InChI=1S/C31H21N2S.C18H24NSi.Ir/c1-19-9-7-10-20(2)29(19)33-27-18-22-12-4-3-11-21(22)17-26(27)32-31(33)25-15-8-14-24-23-13-5-6-16-28(23)34-30(24)25;1-14(2)11-16-12-17(15-9-7-6-8-10-15)19-13-18(16)20(3,4)5;/h3-14,16-18H,1-2H3;6-9,12-14H,11H2,1-5H3;/q2*-1;. The van der Waals surface area contributed by atoms with Gasteiger partial charge in [-0.15, -0.1) is 54.1 Å². The van der Waals surface area contributed by atoms with Crippen LogP contribution in [0.15, 0.2) is 128 Å². The molecule has 3 heterocycles. The van der Waals surface area contributed by atoms with Crippen molar-refractivity contribution in [3.8, 4) is 28.3 Å². The Hall–Kier alpha value is -4.71. The molecule has 0 N–H and O–H groups in total. The summed E-state index contributed by atoms with van der Waals surface area (Å²) in [4.78, 5) is 9.94. The zero-order valence-corrected chi connectivity index (χ0v) is 36.7. The minimum atomic E-state index is -1.34. The number of nitrogens with zero attached hydrogens (tertiary/aromatic N) is 3. The number of rotatable bonds is 6. The van der Waals surface area contributed by atoms with Crippen molar-refractivity contribution in [3.05, 3.63) is 156 Å². The first-order chi connectivity index (χ1) is 26.1. The fraction of sp³-hybridized carbons (Fsp3) is 0.184. The van der Waals surface area contributed by atoms with E-state index in [9.17, 15) is 0 Å². The van der Waals surface area contributed by atoms with Gasteiger partial charge in [-0.1, -0.05) is 117 Å². The van der Waals surface area contributed by atoms with Gasteiger partial charge in [0.05, 0.1) is 24.9 Å². The van der Waals surface area contributed by atoms with Gasteiger partial charge in [0.2, 0.25) is 0 Å². The SMILES string of the molecule is CC(C)Cc1cc(-c2[c-]cccc2)ncc1[Si](C)(C)C.Cc1cccc(C)c1-n1c(-c2[c-]ccc3c2sc2ccccc23)nc2cc3ccccc3cc21.[Ir]. The number of thiophene rings is 1. The van der Waals surface area contributed by atoms with Gasteiger partial charge in [-0.05, 0) is 87.3 Å². The Kier molecular flexibility index (Phi) is 11.1. The van der Waals surface area contributed by atoms with E-state index in [1.807, 2.05) is 35.6 Å². The zero-order chi connectivity index (χ0) is 37.6. The molecular weight excluding hydrogens is 883 g/mol. The average Bonchev–Trinajstić information content (AvgIpc) is 3.72. The van der Waals surface area contributed by atoms with Gasteiger partial charge in [0.1, 0.15) is 0 Å². The summed E-state index contributed by atoms with van der Waals surface area (Å²) in [6.07, 6.45) is 3.24. The molecule has 9 rings (SSSR count). The molecule has 0 aliphatic rings. The number of para-hydroxylation sites is 1. The van der Waals surface area contributed by atoms with Crippen LogP contribution in [-0.4, -0.2) is 22.6 Å². The molecule has 3 aromatic heterocycles. The maximum atomic E-state index is 5.25. The summed E-state index contributed by atoms with van der Waals surface area (Å²) in [7, 11) is -1.34. The van der Waals surface area contributed by atoms with E-state index in [0.29, 0.717) is 5.92 Å². The van der Waals surface area contributed by atoms with E-state index in [2.05, 4.69) is 172 Å². The van der Waals surface area contributed by atoms with Crippen molar-refractivity contribution < 1.29 is 20.1 Å². The van der Waals surface area contributed by atoms with Gasteiger partial charge in [-0.25, -0.2) is 0 Å². The van der Waals surface area contributed by atoms with Gasteiger partial charge >= 0.3 is 0 Å². The molecule has 0 fully saturated rings. The third kappa shape index (κ3) is 7.62. The van der Waals surface area contributed by atoms with Crippen LogP contribution in [0.1, 0.15) is 30.5 Å². The quantitative estimate of drug-likeness (QED) is 0.123. The monoisotopic (exact) mass is 928 g/mol. The number of benzene rings is 6. The number of fused-ring (bicyclic) bond motifs is 5. The molecule has 0 spiro atoms. The molecule has 0 saturated carbocycles. The molecule has 3 nitrogen and oxygen atoms in total. The molecule has 0 unspecified atom stereocenters. The average molecular weight is 928 g/mol. The number of hydrogen-bond acceptors (Lipinski definition) is 3. The summed E-state index contributed by atoms with van der Waals surface area (Å²) < 4.78 is 4.87. The van der Waals surface area contributed by atoms with Crippen molar-refractivity contribution in [2.75, 3.05) is 0 Å². The first-order valence-electron chi connectivity index (χ1n) is 18.8. The second-order valence-corrected chi connectivity index (χ2v) is 21.8. The smallest absolute Gasteiger partial charge is 0.0798 e. The predicted octanol–water partition coefficient (Wildman–Crippen LogP) is 12.9. The van der Waals surface area contributed by atoms with Crippen LogP contribution in [0.3, 0.4) is 0 Å². The van der Waals surface area contributed by atoms with Crippen LogP contribution in [0.5, 0.6) is 0 Å². The van der Waals surface area contributed by atoms with Crippen LogP contribution in [0.4, 0.5) is 0 Å². The predicted molar refractivity (Wildman–Crippen MR) is 235 cm³/mol. The Morgan fingerprint density at radius 3 is 2.16 bits per heavy atom. The summed E-state index contributed by atoms with van der Waals surface area (Å²) >= 11 is 1.82. The molecule has 6 heteroatoms. The molecular formula is C49H45IrN3SSi-2. The Balaban J connectivity index is 0.000000191. The van der Waals surface area contributed by atoms with Crippen LogP contribution >= 0.6 is 11.3 Å². The van der Waals surface area contributed by atoms with Crippen LogP contribution in [0.25, 0.3) is 70.3 Å². The summed E-state index contributed by atoms with van der Waals surface area (Å²) in [5, 5.41) is 6.47. The summed E-state index contributed by atoms with van der Waals surface area (Å²) in [5.74, 6) is 1.61. The van der Waals surface area contributed by atoms with Gasteiger partial charge in [-0.3, -0.25) is 4.98 Å². The first-order valence-corrected chi connectivity index (χ1v) is 23.1. The van der Waals surface area contributed by atoms with Crippen molar-refractivity contribution in [3.63, 3.8) is 0 Å². The van der Waals surface area contributed by atoms with Crippen molar-refractivity contribution in [2.24, 2.45) is 5.92 Å². The third-order valence-corrected chi connectivity index (χ3v) is 13.4. The van der Waals surface area contributed by atoms with Crippen LogP contribution in [0, 0.1) is 31.9 Å². The minimum absolute atomic E-state index is 0. The maximum absolute atomic E-state index is 5.25. The topological polar surface area (TPSA) is 30.7 Å². The molecule has 55 heavy (non-hydrogen) atoms. The van der Waals surface area contributed by atoms with Crippen molar-refractivity contribution in [1.29, 1.82) is 0 Å². The summed E-state index contributed by atoms with van der Waals surface area (Å²) in [6.45, 7) is 16.1. The first kappa shape index (κ1) is 38.6. The molecule has 9 aromatic rings. The molecule has 0 amide bonds. The van der Waals surface area contributed by atoms with Gasteiger partial charge in [-0.2, -0.15) is 11.3 Å². The van der Waals surface area contributed by atoms with E-state index in [4.69, 9.17) is 4.98 Å². The molecule has 0 saturated heterocycles. The Labute approximate surface area is 343 Å². The van der Waals surface area contributed by atoms with E-state index in [1.54, 1.807) is 0 Å². The fourth-order valence-corrected chi connectivity index (χ4v) is 10.4.